The lowest BCUT2D eigenvalue weighted by molar-refractivity contribution is 0.255. The Morgan fingerprint density at radius 3 is 2.29 bits per heavy atom. The van der Waals surface area contributed by atoms with Crippen molar-refractivity contribution in [3.05, 3.63) is 40.0 Å². The Labute approximate surface area is 167 Å². The van der Waals surface area contributed by atoms with Crippen LogP contribution in [0.2, 0.25) is 0 Å². The van der Waals surface area contributed by atoms with Crippen molar-refractivity contribution in [2.24, 2.45) is 0 Å². The highest BCUT2D eigenvalue weighted by atomic mass is 32.2. The Morgan fingerprint density at radius 2 is 1.71 bits per heavy atom. The molecule has 152 valence electrons. The summed E-state index contributed by atoms with van der Waals surface area (Å²) in [6.45, 7) is 1.46. The van der Waals surface area contributed by atoms with E-state index in [1.807, 2.05) is 25.1 Å². The van der Waals surface area contributed by atoms with Crippen molar-refractivity contribution in [2.75, 3.05) is 39.0 Å². The minimum atomic E-state index is -3.83. The highest BCUT2D eigenvalue weighted by Gasteiger charge is 2.33. The number of carbonyl (C=O) groups is 1. The van der Waals surface area contributed by atoms with Crippen LogP contribution in [0.1, 0.15) is 35.1 Å². The lowest BCUT2D eigenvalue weighted by Crippen LogP contribution is -2.52. The Morgan fingerprint density at radius 1 is 1.11 bits per heavy atom. The van der Waals surface area contributed by atoms with Crippen LogP contribution in [0.5, 0.6) is 0 Å². The molecule has 1 saturated heterocycles. The first-order chi connectivity index (χ1) is 13.3. The number of aryl methyl sites for hydroxylation is 2. The van der Waals surface area contributed by atoms with Crippen LogP contribution in [0, 0.1) is 0 Å². The van der Waals surface area contributed by atoms with Crippen molar-refractivity contribution in [3.8, 4) is 0 Å². The molecule has 2 N–H and O–H groups in total. The van der Waals surface area contributed by atoms with Gasteiger partial charge in [-0.2, -0.15) is 12.7 Å². The monoisotopic (exact) mass is 404 g/mol. The van der Waals surface area contributed by atoms with Crippen LogP contribution in [-0.4, -0.2) is 57.4 Å². The summed E-state index contributed by atoms with van der Waals surface area (Å²) < 4.78 is 28.4. The number of urea groups is 1. The van der Waals surface area contributed by atoms with E-state index in [1.54, 1.807) is 0 Å². The second-order valence-electron chi connectivity index (χ2n) is 8.19. The Balaban J connectivity index is 1.43. The van der Waals surface area contributed by atoms with Gasteiger partial charge in [0.15, 0.2) is 0 Å². The quantitative estimate of drug-likeness (QED) is 0.734. The fourth-order valence-electron chi connectivity index (χ4n) is 4.31. The molecule has 2 aliphatic carbocycles. The smallest absolute Gasteiger partial charge is 0.307 e. The van der Waals surface area contributed by atoms with Gasteiger partial charge < -0.3 is 10.2 Å². The maximum atomic E-state index is 12.5. The average molecular weight is 405 g/mol. The van der Waals surface area contributed by atoms with E-state index in [2.05, 4.69) is 16.1 Å². The average Bonchev–Trinajstić information content (AvgIpc) is 3.20. The first-order valence-electron chi connectivity index (χ1n) is 9.91. The van der Waals surface area contributed by atoms with Gasteiger partial charge in [0.05, 0.1) is 0 Å². The van der Waals surface area contributed by atoms with Crippen molar-refractivity contribution >= 4 is 21.9 Å². The van der Waals surface area contributed by atoms with E-state index in [4.69, 9.17) is 0 Å². The summed E-state index contributed by atoms with van der Waals surface area (Å²) in [6, 6.07) is 1.62. The van der Waals surface area contributed by atoms with Gasteiger partial charge in [-0.05, 0) is 80.4 Å². The molecule has 0 bridgehead atoms. The first-order valence-corrected chi connectivity index (χ1v) is 11.4. The molecule has 0 aromatic heterocycles. The Bertz CT molecular complexity index is 897. The summed E-state index contributed by atoms with van der Waals surface area (Å²) in [6.07, 6.45) is 8.16. The van der Waals surface area contributed by atoms with E-state index < -0.39 is 16.2 Å². The van der Waals surface area contributed by atoms with Gasteiger partial charge in [-0.25, -0.2) is 9.52 Å². The SMILES string of the molecule is CN(C)CC=C1CN(S(=O)(=O)NC(=O)Nc2c3c(cc4c2CCC4)CCC3)C1. The van der Waals surface area contributed by atoms with Crippen LogP contribution < -0.4 is 10.0 Å². The summed E-state index contributed by atoms with van der Waals surface area (Å²) in [5.74, 6) is 0. The van der Waals surface area contributed by atoms with E-state index in [0.717, 1.165) is 56.3 Å². The normalized spacial score (nSPS) is 18.6. The van der Waals surface area contributed by atoms with Crippen LogP contribution in [-0.2, 0) is 35.9 Å². The summed E-state index contributed by atoms with van der Waals surface area (Å²) in [5.41, 5.74) is 6.90. The molecule has 7 nitrogen and oxygen atoms in total. The third kappa shape index (κ3) is 3.81. The minimum Gasteiger partial charge on any atom is -0.307 e. The summed E-state index contributed by atoms with van der Waals surface area (Å²) in [5, 5.41) is 2.88. The fraction of sp³-hybridized carbons (Fsp3) is 0.550. The van der Waals surface area contributed by atoms with Crippen LogP contribution in [0.4, 0.5) is 10.5 Å². The van der Waals surface area contributed by atoms with Gasteiger partial charge in [-0.15, -0.1) is 0 Å². The number of carbonyl (C=O) groups excluding carboxylic acids is 1. The molecule has 1 aromatic carbocycles. The van der Waals surface area contributed by atoms with E-state index in [9.17, 15) is 13.2 Å². The lowest BCUT2D eigenvalue weighted by Gasteiger charge is -2.33. The number of nitrogens with zero attached hydrogens (tertiary/aromatic N) is 2. The van der Waals surface area contributed by atoms with Crippen LogP contribution in [0.3, 0.4) is 0 Å². The third-order valence-corrected chi connectivity index (χ3v) is 7.16. The molecule has 1 aromatic rings. The van der Waals surface area contributed by atoms with Crippen molar-refractivity contribution < 1.29 is 13.2 Å². The largest absolute Gasteiger partial charge is 0.333 e. The van der Waals surface area contributed by atoms with Gasteiger partial charge in [0, 0.05) is 25.3 Å². The number of nitrogens with one attached hydrogen (secondary N) is 2. The number of rotatable bonds is 5. The van der Waals surface area contributed by atoms with Crippen LogP contribution >= 0.6 is 0 Å². The van der Waals surface area contributed by atoms with Gasteiger partial charge in [0.2, 0.25) is 0 Å². The highest BCUT2D eigenvalue weighted by molar-refractivity contribution is 7.87. The number of hydrogen-bond acceptors (Lipinski definition) is 4. The standard InChI is InChI=1S/C20H28N4O3S/c1-23(2)10-9-14-12-24(13-14)28(26,27)22-20(25)21-19-17-7-3-5-15(17)11-16-6-4-8-18(16)19/h9,11H,3-8,10,12-13H2,1-2H3,(H2,21,22,25). The number of likely N-dealkylation sites (N-methyl/N-ethyl adjacent to an activating group) is 1. The molecule has 0 spiro atoms. The maximum absolute atomic E-state index is 12.5. The molecular formula is C20H28N4O3S. The maximum Gasteiger partial charge on any atom is 0.333 e. The van der Waals surface area contributed by atoms with E-state index >= 15 is 0 Å². The predicted molar refractivity (Wildman–Crippen MR) is 110 cm³/mol. The van der Waals surface area contributed by atoms with Gasteiger partial charge in [0.1, 0.15) is 0 Å². The van der Waals surface area contributed by atoms with Crippen molar-refractivity contribution in [2.45, 2.75) is 38.5 Å². The zero-order chi connectivity index (χ0) is 19.9. The van der Waals surface area contributed by atoms with Gasteiger partial charge >= 0.3 is 16.2 Å². The lowest BCUT2D eigenvalue weighted by atomic mass is 9.99. The molecule has 2 amide bonds. The number of anilines is 1. The summed E-state index contributed by atoms with van der Waals surface area (Å²) >= 11 is 0. The molecule has 28 heavy (non-hydrogen) atoms. The summed E-state index contributed by atoms with van der Waals surface area (Å²) in [4.78, 5) is 14.5. The Kier molecular flexibility index (Phi) is 5.20. The van der Waals surface area contributed by atoms with Crippen LogP contribution in [0.25, 0.3) is 0 Å². The van der Waals surface area contributed by atoms with Crippen LogP contribution in [0.15, 0.2) is 17.7 Å². The number of fused-ring (bicyclic) bond motifs is 2. The molecule has 0 unspecified atom stereocenters. The van der Waals surface area contributed by atoms with Crippen molar-refractivity contribution in [1.29, 1.82) is 0 Å². The predicted octanol–water partition coefficient (Wildman–Crippen LogP) is 1.83. The topological polar surface area (TPSA) is 81.8 Å². The number of benzene rings is 1. The zero-order valence-electron chi connectivity index (χ0n) is 16.5. The molecule has 1 aliphatic heterocycles. The van der Waals surface area contributed by atoms with Gasteiger partial charge in [-0.1, -0.05) is 12.1 Å². The van der Waals surface area contributed by atoms with E-state index in [1.165, 1.54) is 26.6 Å². The second kappa shape index (κ2) is 7.50. The molecule has 3 aliphatic rings. The third-order valence-electron chi connectivity index (χ3n) is 5.78. The molecule has 8 heteroatoms. The molecule has 1 heterocycles. The molecule has 0 radical (unpaired) electrons. The minimum absolute atomic E-state index is 0.340. The molecular weight excluding hydrogens is 376 g/mol. The Hall–Kier alpha value is -1.90. The first kappa shape index (κ1) is 19.4. The molecule has 4 rings (SSSR count). The van der Waals surface area contributed by atoms with Crippen molar-refractivity contribution in [1.82, 2.24) is 13.9 Å². The summed E-state index contributed by atoms with van der Waals surface area (Å²) in [7, 11) is 0.105. The van der Waals surface area contributed by atoms with E-state index in [-0.39, 0.29) is 0 Å². The van der Waals surface area contributed by atoms with E-state index in [0.29, 0.717) is 13.1 Å². The zero-order valence-corrected chi connectivity index (χ0v) is 17.4. The van der Waals surface area contributed by atoms with Gasteiger partial charge in [0.25, 0.3) is 0 Å². The molecule has 0 saturated carbocycles. The van der Waals surface area contributed by atoms with Crippen molar-refractivity contribution in [3.63, 3.8) is 0 Å². The van der Waals surface area contributed by atoms with Gasteiger partial charge in [-0.3, -0.25) is 0 Å². The number of amides is 2. The second-order valence-corrected chi connectivity index (χ2v) is 9.86. The fourth-order valence-corrected chi connectivity index (χ4v) is 5.39. The number of hydrogen-bond donors (Lipinski definition) is 2. The molecule has 0 atom stereocenters. The molecule has 1 fully saturated rings. The highest BCUT2D eigenvalue weighted by Crippen LogP contribution is 2.38.